The van der Waals surface area contributed by atoms with Gasteiger partial charge in [-0.05, 0) is 38.4 Å². The summed E-state index contributed by atoms with van der Waals surface area (Å²) in [4.78, 5) is 34.0. The number of nitrogens with zero attached hydrogens (tertiary/aromatic N) is 1. The zero-order valence-electron chi connectivity index (χ0n) is 16.7. The third kappa shape index (κ3) is 3.90. The van der Waals surface area contributed by atoms with Gasteiger partial charge in [-0.15, -0.1) is 0 Å². The van der Waals surface area contributed by atoms with Gasteiger partial charge in [-0.2, -0.15) is 0 Å². The van der Waals surface area contributed by atoms with Crippen molar-refractivity contribution in [3.8, 4) is 5.75 Å². The standard InChI is InChI=1S/C15H18N2O2.C6H11NO2/c1-17-8-11-10(14(17)18)2-3-12-13(11)19-9-15(12)4-6-16-7-5-15;1-7-6(9)4-2-3-5-8/h2-3,16H,4-9H2,1H3;5H,2-4H2,1H3,(H,7,9). The van der Waals surface area contributed by atoms with Gasteiger partial charge in [-0.3, -0.25) is 9.59 Å². The fourth-order valence-corrected chi connectivity index (χ4v) is 4.16. The van der Waals surface area contributed by atoms with Crippen molar-refractivity contribution in [3.05, 3.63) is 28.8 Å². The lowest BCUT2D eigenvalue weighted by Gasteiger charge is -2.32. The Morgan fingerprint density at radius 1 is 1.36 bits per heavy atom. The molecule has 0 saturated carbocycles. The number of hydrogen-bond donors (Lipinski definition) is 2. The third-order valence-electron chi connectivity index (χ3n) is 5.86. The summed E-state index contributed by atoms with van der Waals surface area (Å²) >= 11 is 0. The van der Waals surface area contributed by atoms with Crippen LogP contribution in [0, 0.1) is 0 Å². The number of rotatable bonds is 4. The van der Waals surface area contributed by atoms with Crippen LogP contribution in [0.2, 0.25) is 0 Å². The van der Waals surface area contributed by atoms with Gasteiger partial charge < -0.3 is 25.1 Å². The van der Waals surface area contributed by atoms with Crippen molar-refractivity contribution in [1.82, 2.24) is 15.5 Å². The van der Waals surface area contributed by atoms with Crippen molar-refractivity contribution in [1.29, 1.82) is 0 Å². The van der Waals surface area contributed by atoms with E-state index in [4.69, 9.17) is 4.74 Å². The van der Waals surface area contributed by atoms with Crippen LogP contribution in [-0.2, 0) is 21.5 Å². The maximum absolute atomic E-state index is 12.0. The van der Waals surface area contributed by atoms with Crippen LogP contribution >= 0.6 is 0 Å². The Balaban J connectivity index is 0.000000215. The highest BCUT2D eigenvalue weighted by Crippen LogP contribution is 2.48. The van der Waals surface area contributed by atoms with E-state index >= 15 is 0 Å². The lowest BCUT2D eigenvalue weighted by atomic mass is 9.74. The third-order valence-corrected chi connectivity index (χ3v) is 5.86. The summed E-state index contributed by atoms with van der Waals surface area (Å²) in [7, 11) is 3.44. The number of carbonyl (C=O) groups is 3. The lowest BCUT2D eigenvalue weighted by molar-refractivity contribution is -0.120. The minimum absolute atomic E-state index is 0.00292. The van der Waals surface area contributed by atoms with E-state index in [2.05, 4.69) is 16.7 Å². The molecular weight excluding hydrogens is 358 g/mol. The predicted molar refractivity (Wildman–Crippen MR) is 105 cm³/mol. The zero-order chi connectivity index (χ0) is 20.1. The Morgan fingerprint density at radius 3 is 2.79 bits per heavy atom. The Bertz CT molecular complexity index is 756. The number of amides is 2. The second-order valence-electron chi connectivity index (χ2n) is 7.68. The minimum atomic E-state index is -0.00292. The lowest BCUT2D eigenvalue weighted by Crippen LogP contribution is -2.40. The van der Waals surface area contributed by atoms with Crippen molar-refractivity contribution in [2.45, 2.75) is 44.1 Å². The van der Waals surface area contributed by atoms with Crippen molar-refractivity contribution in [3.63, 3.8) is 0 Å². The number of benzene rings is 1. The minimum Gasteiger partial charge on any atom is -0.492 e. The fourth-order valence-electron chi connectivity index (χ4n) is 4.16. The number of carbonyl (C=O) groups excluding carboxylic acids is 3. The van der Waals surface area contributed by atoms with Gasteiger partial charge in [0.05, 0.1) is 13.2 Å². The van der Waals surface area contributed by atoms with E-state index in [9.17, 15) is 14.4 Å². The molecule has 7 heteroatoms. The molecule has 1 fully saturated rings. The Kier molecular flexibility index (Phi) is 6.34. The van der Waals surface area contributed by atoms with Crippen molar-refractivity contribution >= 4 is 18.1 Å². The molecule has 0 bridgehead atoms. The van der Waals surface area contributed by atoms with Gasteiger partial charge >= 0.3 is 0 Å². The number of ether oxygens (including phenoxy) is 1. The van der Waals surface area contributed by atoms with Crippen LogP contribution in [0.3, 0.4) is 0 Å². The van der Waals surface area contributed by atoms with E-state index < -0.39 is 0 Å². The molecule has 4 rings (SSSR count). The first-order valence-corrected chi connectivity index (χ1v) is 9.92. The molecule has 1 aromatic carbocycles. The van der Waals surface area contributed by atoms with Crippen LogP contribution in [0.25, 0.3) is 0 Å². The smallest absolute Gasteiger partial charge is 0.254 e. The molecule has 0 aromatic heterocycles. The molecule has 28 heavy (non-hydrogen) atoms. The summed E-state index contributed by atoms with van der Waals surface area (Å²) in [5, 5.41) is 5.88. The molecule has 1 aromatic rings. The van der Waals surface area contributed by atoms with Crippen molar-refractivity contribution < 1.29 is 19.1 Å². The van der Waals surface area contributed by atoms with Crippen LogP contribution < -0.4 is 15.4 Å². The fraction of sp³-hybridized carbons (Fsp3) is 0.571. The van der Waals surface area contributed by atoms with E-state index in [1.165, 1.54) is 5.56 Å². The highest BCUT2D eigenvalue weighted by atomic mass is 16.5. The number of fused-ring (bicyclic) bond motifs is 4. The Labute approximate surface area is 165 Å². The molecule has 0 atom stereocenters. The van der Waals surface area contributed by atoms with Crippen LogP contribution in [0.4, 0.5) is 0 Å². The molecule has 2 amide bonds. The molecule has 1 spiro atoms. The molecule has 3 aliphatic heterocycles. The number of nitrogens with one attached hydrogen (secondary N) is 2. The van der Waals surface area contributed by atoms with Gasteiger partial charge in [0.1, 0.15) is 12.0 Å². The average Bonchev–Trinajstić information content (AvgIpc) is 3.21. The van der Waals surface area contributed by atoms with Crippen molar-refractivity contribution in [2.75, 3.05) is 33.8 Å². The van der Waals surface area contributed by atoms with Gasteiger partial charge in [0.25, 0.3) is 5.91 Å². The van der Waals surface area contributed by atoms with E-state index in [1.807, 2.05) is 13.1 Å². The second-order valence-corrected chi connectivity index (χ2v) is 7.68. The molecule has 0 unspecified atom stereocenters. The van der Waals surface area contributed by atoms with Crippen LogP contribution in [-0.4, -0.2) is 56.8 Å². The number of aldehydes is 1. The van der Waals surface area contributed by atoms with Gasteiger partial charge in [-0.25, -0.2) is 0 Å². The first kappa shape index (κ1) is 20.3. The second kappa shape index (κ2) is 8.73. The first-order valence-electron chi connectivity index (χ1n) is 9.92. The number of hydrogen-bond acceptors (Lipinski definition) is 5. The summed E-state index contributed by atoms with van der Waals surface area (Å²) < 4.78 is 6.02. The quantitative estimate of drug-likeness (QED) is 0.602. The molecule has 0 radical (unpaired) electrons. The predicted octanol–water partition coefficient (Wildman–Crippen LogP) is 1.39. The van der Waals surface area contributed by atoms with E-state index in [-0.39, 0.29) is 17.2 Å². The van der Waals surface area contributed by atoms with E-state index in [0.717, 1.165) is 55.7 Å². The van der Waals surface area contributed by atoms with E-state index in [0.29, 0.717) is 25.8 Å². The summed E-state index contributed by atoms with van der Waals surface area (Å²) in [5.74, 6) is 1.11. The number of piperidine rings is 1. The van der Waals surface area contributed by atoms with Gasteiger partial charge in [0.2, 0.25) is 5.91 Å². The monoisotopic (exact) mass is 387 g/mol. The van der Waals surface area contributed by atoms with Crippen LogP contribution in [0.15, 0.2) is 12.1 Å². The Morgan fingerprint density at radius 2 is 2.11 bits per heavy atom. The molecule has 7 nitrogen and oxygen atoms in total. The highest BCUT2D eigenvalue weighted by molar-refractivity contribution is 5.99. The van der Waals surface area contributed by atoms with Crippen LogP contribution in [0.1, 0.15) is 53.6 Å². The number of unbranched alkanes of at least 4 members (excludes halogenated alkanes) is 1. The molecule has 2 N–H and O–H groups in total. The highest BCUT2D eigenvalue weighted by Gasteiger charge is 2.44. The molecule has 3 heterocycles. The maximum Gasteiger partial charge on any atom is 0.254 e. The molecular formula is C21H29N3O4. The summed E-state index contributed by atoms with van der Waals surface area (Å²) in [6, 6.07) is 4.13. The summed E-state index contributed by atoms with van der Waals surface area (Å²) in [5.41, 5.74) is 3.43. The zero-order valence-corrected chi connectivity index (χ0v) is 16.7. The van der Waals surface area contributed by atoms with Crippen molar-refractivity contribution in [2.24, 2.45) is 0 Å². The maximum atomic E-state index is 12.0. The van der Waals surface area contributed by atoms with Gasteiger partial charge in [0, 0.05) is 49.0 Å². The van der Waals surface area contributed by atoms with E-state index in [1.54, 1.807) is 11.9 Å². The summed E-state index contributed by atoms with van der Waals surface area (Å²) in [6.45, 7) is 3.57. The Hall–Kier alpha value is -2.41. The largest absolute Gasteiger partial charge is 0.492 e. The van der Waals surface area contributed by atoms with Gasteiger partial charge in [-0.1, -0.05) is 6.07 Å². The average molecular weight is 387 g/mol. The molecule has 0 aliphatic carbocycles. The SMILES string of the molecule is CN1Cc2c(ccc3c2OCC32CCNCC2)C1=O.CNC(=O)CCCC=O. The molecule has 1 saturated heterocycles. The normalized spacial score (nSPS) is 18.6. The van der Waals surface area contributed by atoms with Crippen LogP contribution in [0.5, 0.6) is 5.75 Å². The summed E-state index contributed by atoms with van der Waals surface area (Å²) in [6.07, 6.45) is 4.67. The molecule has 3 aliphatic rings. The topological polar surface area (TPSA) is 87.7 Å². The molecule has 152 valence electrons. The first-order chi connectivity index (χ1) is 13.5. The van der Waals surface area contributed by atoms with Gasteiger partial charge in [0.15, 0.2) is 0 Å².